The van der Waals surface area contributed by atoms with Crippen molar-refractivity contribution in [1.82, 2.24) is 14.8 Å². The molecule has 0 bridgehead atoms. The van der Waals surface area contributed by atoms with Crippen molar-refractivity contribution in [2.24, 2.45) is 0 Å². The Morgan fingerprint density at radius 2 is 1.51 bits per heavy atom. The number of piperazine rings is 1. The number of amides is 2. The fourth-order valence-electron chi connectivity index (χ4n) is 4.67. The van der Waals surface area contributed by atoms with Gasteiger partial charge in [0.25, 0.3) is 0 Å². The Labute approximate surface area is 235 Å². The maximum Gasteiger partial charge on any atom is 0.234 e. The van der Waals surface area contributed by atoms with Crippen molar-refractivity contribution in [3.8, 4) is 0 Å². The van der Waals surface area contributed by atoms with Crippen LogP contribution in [-0.4, -0.2) is 58.5 Å². The minimum absolute atomic E-state index is 0.0709. The highest BCUT2D eigenvalue weighted by Crippen LogP contribution is 2.30. The third kappa shape index (κ3) is 7.32. The first-order valence-corrected chi connectivity index (χ1v) is 14.7. The average Bonchev–Trinajstić information content (AvgIpc) is 3.42. The first kappa shape index (κ1) is 27.1. The summed E-state index contributed by atoms with van der Waals surface area (Å²) >= 11 is 2.75. The number of benzene rings is 3. The Morgan fingerprint density at radius 3 is 2.13 bits per heavy atom. The summed E-state index contributed by atoms with van der Waals surface area (Å²) in [6, 6.07) is 26.8. The minimum Gasteiger partial charge on any atom is -0.340 e. The Bertz CT molecular complexity index is 1340. The molecule has 3 aromatic carbocycles. The molecule has 1 aliphatic rings. The van der Waals surface area contributed by atoms with Crippen LogP contribution in [0.4, 0.5) is 10.1 Å². The van der Waals surface area contributed by atoms with E-state index in [1.54, 1.807) is 0 Å². The van der Waals surface area contributed by atoms with Crippen LogP contribution in [0.5, 0.6) is 0 Å². The molecule has 0 unspecified atom stereocenters. The zero-order valence-electron chi connectivity index (χ0n) is 21.3. The van der Waals surface area contributed by atoms with Gasteiger partial charge in [0.15, 0.2) is 4.34 Å². The van der Waals surface area contributed by atoms with Crippen LogP contribution in [0.2, 0.25) is 0 Å². The van der Waals surface area contributed by atoms with Gasteiger partial charge < -0.3 is 10.2 Å². The van der Waals surface area contributed by atoms with E-state index in [9.17, 15) is 14.0 Å². The smallest absolute Gasteiger partial charge is 0.234 e. The molecule has 2 amide bonds. The average molecular weight is 561 g/mol. The number of carbonyl (C=O) groups excluding carboxylic acids is 2. The Morgan fingerprint density at radius 1 is 0.897 bits per heavy atom. The van der Waals surface area contributed by atoms with Crippen molar-refractivity contribution in [2.75, 3.05) is 37.2 Å². The first-order valence-electron chi connectivity index (χ1n) is 12.8. The second kappa shape index (κ2) is 13.0. The number of hydrogen-bond donors (Lipinski definition) is 1. The van der Waals surface area contributed by atoms with Gasteiger partial charge in [0.05, 0.1) is 23.9 Å². The van der Waals surface area contributed by atoms with Gasteiger partial charge >= 0.3 is 0 Å². The molecule has 1 aliphatic heterocycles. The van der Waals surface area contributed by atoms with E-state index in [0.717, 1.165) is 23.1 Å². The molecule has 0 radical (unpaired) electrons. The molecule has 5 rings (SSSR count). The molecule has 1 aromatic heterocycles. The van der Waals surface area contributed by atoms with Crippen molar-refractivity contribution >= 4 is 40.6 Å². The summed E-state index contributed by atoms with van der Waals surface area (Å²) in [5, 5.41) is 4.62. The number of anilines is 1. The number of aromatic nitrogens is 1. The third-order valence-corrected chi connectivity index (χ3v) is 8.65. The number of hydrogen-bond acceptors (Lipinski definition) is 6. The van der Waals surface area contributed by atoms with E-state index in [1.165, 1.54) is 58.5 Å². The summed E-state index contributed by atoms with van der Waals surface area (Å²) in [6.45, 7) is 2.93. The van der Waals surface area contributed by atoms with Gasteiger partial charge in [-0.25, -0.2) is 9.37 Å². The monoisotopic (exact) mass is 560 g/mol. The lowest BCUT2D eigenvalue weighted by molar-refractivity contribution is -0.132. The molecule has 39 heavy (non-hydrogen) atoms. The summed E-state index contributed by atoms with van der Waals surface area (Å²) in [6.07, 6.45) is 0.250. The number of nitrogens with one attached hydrogen (secondary N) is 1. The predicted octanol–water partition coefficient (Wildman–Crippen LogP) is 5.49. The quantitative estimate of drug-likeness (QED) is 0.274. The topological polar surface area (TPSA) is 65.5 Å². The molecule has 1 fully saturated rings. The van der Waals surface area contributed by atoms with Crippen LogP contribution in [0.25, 0.3) is 0 Å². The number of rotatable bonds is 9. The van der Waals surface area contributed by atoms with Crippen LogP contribution in [-0.2, 0) is 16.0 Å². The molecular weight excluding hydrogens is 531 g/mol. The van der Waals surface area contributed by atoms with Crippen molar-refractivity contribution in [3.05, 3.63) is 113 Å². The van der Waals surface area contributed by atoms with Crippen LogP contribution in [0.15, 0.2) is 94.6 Å². The third-order valence-electron chi connectivity index (χ3n) is 6.58. The summed E-state index contributed by atoms with van der Waals surface area (Å²) in [4.78, 5) is 34.2. The van der Waals surface area contributed by atoms with Crippen molar-refractivity contribution in [2.45, 2.75) is 16.8 Å². The van der Waals surface area contributed by atoms with Gasteiger partial charge in [-0.05, 0) is 35.4 Å². The molecular formula is C30H29FN4O2S2. The maximum absolute atomic E-state index is 13.1. The molecule has 0 atom stereocenters. The standard InChI is InChI=1S/C30H29FN4O2S2/c31-24-11-13-25(14-12-24)32-27(36)21-39-30-33-26(20-38-30)19-28(37)34-15-17-35(18-16-34)29(22-7-3-1-4-8-22)23-9-5-2-6-10-23/h1-14,20,29H,15-19,21H2,(H,32,36). The molecule has 1 saturated heterocycles. The summed E-state index contributed by atoms with van der Waals surface area (Å²) in [5.41, 5.74) is 3.77. The fourth-order valence-corrected chi connectivity index (χ4v) is 6.32. The van der Waals surface area contributed by atoms with Gasteiger partial charge in [0.2, 0.25) is 11.8 Å². The van der Waals surface area contributed by atoms with E-state index in [0.29, 0.717) is 18.8 Å². The van der Waals surface area contributed by atoms with Crippen molar-refractivity contribution < 1.29 is 14.0 Å². The predicted molar refractivity (Wildman–Crippen MR) is 154 cm³/mol. The SMILES string of the molecule is O=C(CSc1nc(CC(=O)N2CCN(C(c3ccccc3)c3ccccc3)CC2)cs1)Nc1ccc(F)cc1. The number of carbonyl (C=O) groups is 2. The molecule has 200 valence electrons. The molecule has 0 spiro atoms. The van der Waals surface area contributed by atoms with Crippen LogP contribution < -0.4 is 5.32 Å². The number of halogens is 1. The van der Waals surface area contributed by atoms with Crippen LogP contribution in [0, 0.1) is 5.82 Å². The normalized spacial score (nSPS) is 13.9. The Hall–Kier alpha value is -3.53. The molecule has 0 aliphatic carbocycles. The lowest BCUT2D eigenvalue weighted by Crippen LogP contribution is -2.50. The van der Waals surface area contributed by atoms with Gasteiger partial charge in [-0.3, -0.25) is 14.5 Å². The van der Waals surface area contributed by atoms with E-state index in [4.69, 9.17) is 0 Å². The van der Waals surface area contributed by atoms with E-state index in [2.05, 4.69) is 63.7 Å². The summed E-state index contributed by atoms with van der Waals surface area (Å²) in [7, 11) is 0. The van der Waals surface area contributed by atoms with E-state index in [-0.39, 0.29) is 35.8 Å². The number of thioether (sulfide) groups is 1. The van der Waals surface area contributed by atoms with Gasteiger partial charge in [-0.1, -0.05) is 72.4 Å². The summed E-state index contributed by atoms with van der Waals surface area (Å²) in [5.74, 6) is -0.287. The minimum atomic E-state index is -0.349. The number of nitrogens with zero attached hydrogens (tertiary/aromatic N) is 3. The van der Waals surface area contributed by atoms with Crippen molar-refractivity contribution in [1.29, 1.82) is 0 Å². The second-order valence-electron chi connectivity index (χ2n) is 9.27. The van der Waals surface area contributed by atoms with Crippen LogP contribution in [0.1, 0.15) is 22.9 Å². The van der Waals surface area contributed by atoms with Gasteiger partial charge in [0, 0.05) is 37.2 Å². The molecule has 1 N–H and O–H groups in total. The zero-order chi connectivity index (χ0) is 27.0. The van der Waals surface area contributed by atoms with Crippen LogP contribution >= 0.6 is 23.1 Å². The first-order chi connectivity index (χ1) is 19.0. The second-order valence-corrected chi connectivity index (χ2v) is 11.3. The summed E-state index contributed by atoms with van der Waals surface area (Å²) < 4.78 is 13.8. The highest BCUT2D eigenvalue weighted by molar-refractivity contribution is 8.01. The van der Waals surface area contributed by atoms with Gasteiger partial charge in [-0.15, -0.1) is 11.3 Å². The molecule has 6 nitrogen and oxygen atoms in total. The van der Waals surface area contributed by atoms with Gasteiger partial charge in [0.1, 0.15) is 5.82 Å². The highest BCUT2D eigenvalue weighted by atomic mass is 32.2. The fraction of sp³-hybridized carbons (Fsp3) is 0.233. The number of thiazole rings is 1. The molecule has 2 heterocycles. The Balaban J connectivity index is 1.12. The Kier molecular flexibility index (Phi) is 9.03. The largest absolute Gasteiger partial charge is 0.340 e. The molecule has 4 aromatic rings. The van der Waals surface area contributed by atoms with E-state index < -0.39 is 0 Å². The van der Waals surface area contributed by atoms with Crippen LogP contribution in [0.3, 0.4) is 0 Å². The molecule has 9 heteroatoms. The van der Waals surface area contributed by atoms with E-state index >= 15 is 0 Å². The van der Waals surface area contributed by atoms with Gasteiger partial charge in [-0.2, -0.15) is 0 Å². The van der Waals surface area contributed by atoms with Crippen molar-refractivity contribution in [3.63, 3.8) is 0 Å². The lowest BCUT2D eigenvalue weighted by Gasteiger charge is -2.39. The lowest BCUT2D eigenvalue weighted by atomic mass is 9.96. The highest BCUT2D eigenvalue weighted by Gasteiger charge is 2.28. The molecule has 0 saturated carbocycles. The maximum atomic E-state index is 13.1. The zero-order valence-corrected chi connectivity index (χ0v) is 23.0. The van der Waals surface area contributed by atoms with E-state index in [1.807, 2.05) is 22.4 Å².